The molecular weight excluding hydrogens is 343 g/mol. The number of nitrogens with zero attached hydrogens (tertiary/aromatic N) is 3. The standard InChI is InChI=1S/C17H15FN4O2S/c1-10-9-25-17(19-10)20-16(24)11(2)22-15(23)8-7-14(21-22)12-3-5-13(18)6-4-12/h3-9,11H,1-2H3,(H,19,20,24)/t11-/m0/s1. The van der Waals surface area contributed by atoms with E-state index in [9.17, 15) is 14.0 Å². The summed E-state index contributed by atoms with van der Waals surface area (Å²) < 4.78 is 14.2. The van der Waals surface area contributed by atoms with Crippen molar-refractivity contribution in [2.75, 3.05) is 5.32 Å². The lowest BCUT2D eigenvalue weighted by Crippen LogP contribution is -2.33. The topological polar surface area (TPSA) is 76.9 Å². The number of carbonyl (C=O) groups excluding carboxylic acids is 1. The number of aromatic nitrogens is 3. The molecule has 0 radical (unpaired) electrons. The van der Waals surface area contributed by atoms with Crippen molar-refractivity contribution in [2.45, 2.75) is 19.9 Å². The zero-order chi connectivity index (χ0) is 18.0. The highest BCUT2D eigenvalue weighted by atomic mass is 32.1. The highest BCUT2D eigenvalue weighted by Gasteiger charge is 2.19. The van der Waals surface area contributed by atoms with Crippen LogP contribution in [-0.2, 0) is 4.79 Å². The molecule has 2 aromatic heterocycles. The summed E-state index contributed by atoms with van der Waals surface area (Å²) >= 11 is 1.31. The number of halogens is 1. The summed E-state index contributed by atoms with van der Waals surface area (Å²) in [5.41, 5.74) is 1.54. The van der Waals surface area contributed by atoms with Gasteiger partial charge in [-0.3, -0.25) is 9.59 Å². The molecule has 3 aromatic rings. The fraction of sp³-hybridized carbons (Fsp3) is 0.176. The first-order chi connectivity index (χ1) is 11.9. The van der Waals surface area contributed by atoms with E-state index in [0.29, 0.717) is 16.4 Å². The Morgan fingerprint density at radius 3 is 2.60 bits per heavy atom. The lowest BCUT2D eigenvalue weighted by atomic mass is 10.1. The second-order valence-electron chi connectivity index (χ2n) is 5.47. The Hall–Kier alpha value is -2.87. The van der Waals surface area contributed by atoms with E-state index in [0.717, 1.165) is 10.4 Å². The zero-order valence-electron chi connectivity index (χ0n) is 13.6. The van der Waals surface area contributed by atoms with E-state index in [2.05, 4.69) is 15.4 Å². The normalized spacial score (nSPS) is 12.0. The van der Waals surface area contributed by atoms with Gasteiger partial charge in [0.2, 0.25) is 0 Å². The second kappa shape index (κ2) is 6.94. The summed E-state index contributed by atoms with van der Waals surface area (Å²) in [5.74, 6) is -0.747. The number of nitrogens with one attached hydrogen (secondary N) is 1. The molecular formula is C17H15FN4O2S. The largest absolute Gasteiger partial charge is 0.300 e. The lowest BCUT2D eigenvalue weighted by Gasteiger charge is -2.14. The van der Waals surface area contributed by atoms with E-state index in [1.807, 2.05) is 12.3 Å². The maximum Gasteiger partial charge on any atom is 0.267 e. The molecule has 25 heavy (non-hydrogen) atoms. The van der Waals surface area contributed by atoms with Gasteiger partial charge in [0.1, 0.15) is 11.9 Å². The third kappa shape index (κ3) is 3.80. The molecule has 1 atom stereocenters. The minimum atomic E-state index is -0.822. The first-order valence-corrected chi connectivity index (χ1v) is 8.41. The maximum absolute atomic E-state index is 13.1. The molecule has 1 amide bonds. The Balaban J connectivity index is 1.87. The zero-order valence-corrected chi connectivity index (χ0v) is 14.4. The summed E-state index contributed by atoms with van der Waals surface area (Å²) in [7, 11) is 0. The van der Waals surface area contributed by atoms with Crippen LogP contribution in [0.15, 0.2) is 46.6 Å². The van der Waals surface area contributed by atoms with Gasteiger partial charge in [-0.15, -0.1) is 11.3 Å². The van der Waals surface area contributed by atoms with Crippen molar-refractivity contribution in [3.8, 4) is 11.3 Å². The summed E-state index contributed by atoms with van der Waals surface area (Å²) in [4.78, 5) is 28.6. The van der Waals surface area contributed by atoms with Gasteiger partial charge in [-0.2, -0.15) is 5.10 Å². The Morgan fingerprint density at radius 1 is 1.24 bits per heavy atom. The molecule has 0 aliphatic heterocycles. The van der Waals surface area contributed by atoms with Gasteiger partial charge in [-0.1, -0.05) is 0 Å². The monoisotopic (exact) mass is 358 g/mol. The number of benzene rings is 1. The molecule has 0 fully saturated rings. The van der Waals surface area contributed by atoms with Crippen molar-refractivity contribution in [3.63, 3.8) is 0 Å². The van der Waals surface area contributed by atoms with Crippen LogP contribution in [0.5, 0.6) is 0 Å². The Morgan fingerprint density at radius 2 is 1.96 bits per heavy atom. The fourth-order valence-electron chi connectivity index (χ4n) is 2.21. The van der Waals surface area contributed by atoms with Crippen molar-refractivity contribution < 1.29 is 9.18 Å². The number of carbonyl (C=O) groups is 1. The number of hydrogen-bond acceptors (Lipinski definition) is 5. The molecule has 1 N–H and O–H groups in total. The maximum atomic E-state index is 13.1. The molecule has 8 heteroatoms. The highest BCUT2D eigenvalue weighted by Crippen LogP contribution is 2.18. The van der Waals surface area contributed by atoms with Crippen molar-refractivity contribution >= 4 is 22.4 Å². The SMILES string of the molecule is Cc1csc(NC(=O)[C@H](C)n2nc(-c3ccc(F)cc3)ccc2=O)n1. The number of thiazole rings is 1. The van der Waals surface area contributed by atoms with Gasteiger partial charge < -0.3 is 5.32 Å². The van der Waals surface area contributed by atoms with E-state index in [-0.39, 0.29) is 11.7 Å². The van der Waals surface area contributed by atoms with Crippen LogP contribution >= 0.6 is 11.3 Å². The molecule has 2 heterocycles. The van der Waals surface area contributed by atoms with Gasteiger partial charge in [0, 0.05) is 17.0 Å². The molecule has 0 saturated heterocycles. The third-order valence-corrected chi connectivity index (χ3v) is 4.44. The first kappa shape index (κ1) is 17.0. The van der Waals surface area contributed by atoms with Crippen molar-refractivity contribution in [2.24, 2.45) is 0 Å². The van der Waals surface area contributed by atoms with Crippen molar-refractivity contribution in [3.05, 3.63) is 63.6 Å². The molecule has 0 unspecified atom stereocenters. The van der Waals surface area contributed by atoms with E-state index >= 15 is 0 Å². The fourth-order valence-corrected chi connectivity index (χ4v) is 2.90. The number of anilines is 1. The minimum absolute atomic E-state index is 0.358. The molecule has 128 valence electrons. The average molecular weight is 358 g/mol. The Kier molecular flexibility index (Phi) is 4.71. The summed E-state index contributed by atoms with van der Waals surface area (Å²) in [5, 5.41) is 9.21. The molecule has 0 saturated carbocycles. The molecule has 1 aromatic carbocycles. The molecule has 0 aliphatic carbocycles. The quantitative estimate of drug-likeness (QED) is 0.778. The number of aryl methyl sites for hydroxylation is 1. The lowest BCUT2D eigenvalue weighted by molar-refractivity contribution is -0.119. The van der Waals surface area contributed by atoms with E-state index in [1.54, 1.807) is 25.1 Å². The van der Waals surface area contributed by atoms with Crippen molar-refractivity contribution in [1.82, 2.24) is 14.8 Å². The molecule has 3 rings (SSSR count). The second-order valence-corrected chi connectivity index (χ2v) is 6.33. The highest BCUT2D eigenvalue weighted by molar-refractivity contribution is 7.13. The van der Waals surface area contributed by atoms with Crippen LogP contribution in [0.25, 0.3) is 11.3 Å². The molecule has 0 aliphatic rings. The van der Waals surface area contributed by atoms with Gasteiger partial charge in [0.15, 0.2) is 5.13 Å². The van der Waals surface area contributed by atoms with Crippen LogP contribution < -0.4 is 10.9 Å². The van der Waals surface area contributed by atoms with Crippen LogP contribution in [0.4, 0.5) is 9.52 Å². The summed E-state index contributed by atoms with van der Waals surface area (Å²) in [6.45, 7) is 3.41. The van der Waals surface area contributed by atoms with Crippen LogP contribution in [0.3, 0.4) is 0 Å². The number of amides is 1. The first-order valence-electron chi connectivity index (χ1n) is 7.53. The van der Waals surface area contributed by atoms with Crippen LogP contribution in [0.2, 0.25) is 0 Å². The van der Waals surface area contributed by atoms with Crippen LogP contribution in [0, 0.1) is 12.7 Å². The molecule has 6 nitrogen and oxygen atoms in total. The Labute approximate surface area is 147 Å². The van der Waals surface area contributed by atoms with Crippen molar-refractivity contribution in [1.29, 1.82) is 0 Å². The molecule has 0 bridgehead atoms. The molecule has 0 spiro atoms. The van der Waals surface area contributed by atoms with E-state index in [4.69, 9.17) is 0 Å². The van der Waals surface area contributed by atoms with Gasteiger partial charge >= 0.3 is 0 Å². The van der Waals surface area contributed by atoms with Gasteiger partial charge in [-0.25, -0.2) is 14.1 Å². The van der Waals surface area contributed by atoms with Gasteiger partial charge in [-0.05, 0) is 44.2 Å². The minimum Gasteiger partial charge on any atom is -0.300 e. The average Bonchev–Trinajstić information content (AvgIpc) is 3.00. The van der Waals surface area contributed by atoms with Gasteiger partial charge in [0.25, 0.3) is 11.5 Å². The van der Waals surface area contributed by atoms with E-state index in [1.165, 1.54) is 29.5 Å². The van der Waals surface area contributed by atoms with E-state index < -0.39 is 11.6 Å². The van der Waals surface area contributed by atoms with Crippen LogP contribution in [-0.4, -0.2) is 20.7 Å². The Bertz CT molecular complexity index is 965. The number of hydrogen-bond donors (Lipinski definition) is 1. The smallest absolute Gasteiger partial charge is 0.267 e. The summed E-state index contributed by atoms with van der Waals surface area (Å²) in [6, 6.07) is 7.81. The van der Waals surface area contributed by atoms with Crippen LogP contribution in [0.1, 0.15) is 18.7 Å². The summed E-state index contributed by atoms with van der Waals surface area (Å²) in [6.07, 6.45) is 0. The predicted molar refractivity (Wildman–Crippen MR) is 94.1 cm³/mol. The predicted octanol–water partition coefficient (Wildman–Crippen LogP) is 3.01. The van der Waals surface area contributed by atoms with Gasteiger partial charge in [0.05, 0.1) is 11.4 Å². The third-order valence-electron chi connectivity index (χ3n) is 3.56. The number of rotatable bonds is 4.